The maximum absolute atomic E-state index is 14.2. The molecular weight excluding hydrogens is 952 g/mol. The number of nitrogens with one attached hydrogen (secondary N) is 2. The number of piperazine rings is 1. The third-order valence-corrected chi connectivity index (χ3v) is 16.9. The second-order valence-corrected chi connectivity index (χ2v) is 23.7. The molecule has 4 aromatic rings. The van der Waals surface area contributed by atoms with Crippen molar-refractivity contribution in [2.75, 3.05) is 44.2 Å². The van der Waals surface area contributed by atoms with Gasteiger partial charge in [0.1, 0.15) is 36.4 Å². The second kappa shape index (κ2) is 21.2. The lowest BCUT2D eigenvalue weighted by molar-refractivity contribution is -0.196. The Morgan fingerprint density at radius 3 is 2.25 bits per heavy atom. The minimum absolute atomic E-state index is 0.00757. The molecule has 2 aliphatic heterocycles. The van der Waals surface area contributed by atoms with Crippen molar-refractivity contribution < 1.29 is 33.8 Å². The molecule has 4 aliphatic rings. The highest BCUT2D eigenvalue weighted by atomic mass is 35.5. The van der Waals surface area contributed by atoms with Gasteiger partial charge in [-0.15, -0.1) is 11.3 Å². The standard InChI is InChI=1S/C55H69ClN8O7S/c1-32(34-11-13-35(14-12-34)48-33(2)59-31-72-48)60-50(68)43-25-38(65)29-64(43)51(69)49(53(3,4)5)61-47(67)30-70-40-23-37(24-40)62-19-21-63(22-20-62)46-18-15-36(28-58-46)44(66)27-45-54(6,7)52(55(45,8)9)71-39-16-17-42(57-10)41(56)26-39/h11-18,26,28,31-32,37-38,40,43,45,49,52,65H,19-25,27,29-30H2,1-9H3,(H,60,68)(H,61,67)/t32-,37?,38+,40?,43-,45?,49+,52?/m0/s1. The molecule has 8 rings (SSSR count). The zero-order valence-electron chi connectivity index (χ0n) is 42.9. The highest BCUT2D eigenvalue weighted by Gasteiger charge is 2.63. The predicted octanol–water partition coefficient (Wildman–Crippen LogP) is 8.46. The molecule has 2 aromatic heterocycles. The van der Waals surface area contributed by atoms with Gasteiger partial charge in [-0.1, -0.05) is 90.4 Å². The van der Waals surface area contributed by atoms with E-state index >= 15 is 0 Å². The Bertz CT molecular complexity index is 2650. The SMILES string of the molecule is [C-]#[N+]c1ccc(OC2C(C)(C)C(CC(=O)c3ccc(N4CCN(C5CC(OCC(=O)N[C@H](C(=O)N6C[C@H](O)C[C@H]6C(=O)N[C@@H](C)c6ccc(-c7scnc7C)cc6)C(C)(C)C)C5)CC4)nc3)C2(C)C)cc1Cl. The first-order chi connectivity index (χ1) is 34.0. The number of carbonyl (C=O) groups is 4. The Hall–Kier alpha value is -5.44. The molecule has 0 unspecified atom stereocenters. The van der Waals surface area contributed by atoms with Crippen LogP contribution in [0, 0.1) is 35.7 Å². The summed E-state index contributed by atoms with van der Waals surface area (Å²) < 4.78 is 12.5. The summed E-state index contributed by atoms with van der Waals surface area (Å²) in [4.78, 5) is 74.7. The lowest BCUT2D eigenvalue weighted by atomic mass is 9.44. The van der Waals surface area contributed by atoms with Gasteiger partial charge in [0.2, 0.25) is 23.4 Å². The minimum atomic E-state index is -0.948. The van der Waals surface area contributed by atoms with E-state index in [2.05, 4.69) is 58.0 Å². The number of aliphatic hydroxyl groups excluding tert-OH is 1. The van der Waals surface area contributed by atoms with Gasteiger partial charge in [-0.25, -0.2) is 14.8 Å². The summed E-state index contributed by atoms with van der Waals surface area (Å²) in [6.45, 7) is 28.4. The highest BCUT2D eigenvalue weighted by Crippen LogP contribution is 2.62. The molecule has 2 saturated carbocycles. The molecule has 2 aromatic carbocycles. The number of benzene rings is 2. The summed E-state index contributed by atoms with van der Waals surface area (Å²) in [5, 5.41) is 17.0. The van der Waals surface area contributed by atoms with Crippen molar-refractivity contribution in [1.29, 1.82) is 0 Å². The number of anilines is 1. The van der Waals surface area contributed by atoms with Crippen molar-refractivity contribution in [2.24, 2.45) is 22.2 Å². The van der Waals surface area contributed by atoms with Crippen LogP contribution in [0.15, 0.2) is 66.3 Å². The summed E-state index contributed by atoms with van der Waals surface area (Å²) in [5.41, 5.74) is 4.48. The van der Waals surface area contributed by atoms with E-state index in [4.69, 9.17) is 32.6 Å². The van der Waals surface area contributed by atoms with E-state index in [0.717, 1.165) is 66.5 Å². The summed E-state index contributed by atoms with van der Waals surface area (Å²) >= 11 is 7.86. The smallest absolute Gasteiger partial charge is 0.246 e. The first kappa shape index (κ1) is 52.9. The molecule has 4 heterocycles. The molecule has 0 spiro atoms. The van der Waals surface area contributed by atoms with Gasteiger partial charge in [0, 0.05) is 74.2 Å². The molecular formula is C55H69ClN8O7S. The maximum Gasteiger partial charge on any atom is 0.246 e. The number of β-amino-alcohol motifs (C(OH)–C–C–N with tert-alkyl or cyclic N) is 1. The number of halogens is 1. The summed E-state index contributed by atoms with van der Waals surface area (Å²) in [6, 6.07) is 15.1. The van der Waals surface area contributed by atoms with Crippen LogP contribution >= 0.6 is 22.9 Å². The van der Waals surface area contributed by atoms with Crippen LogP contribution < -0.4 is 20.3 Å². The molecule has 72 heavy (non-hydrogen) atoms. The molecule has 17 heteroatoms. The zero-order chi connectivity index (χ0) is 51.9. The number of rotatable bonds is 16. The zero-order valence-corrected chi connectivity index (χ0v) is 44.5. The number of amides is 3. The Kier molecular flexibility index (Phi) is 15.6. The fourth-order valence-corrected chi connectivity index (χ4v) is 12.6. The van der Waals surface area contributed by atoms with Crippen LogP contribution in [-0.2, 0) is 19.1 Å². The fraction of sp³-hybridized carbons (Fsp3) is 0.545. The third kappa shape index (κ3) is 11.2. The van der Waals surface area contributed by atoms with E-state index in [1.165, 1.54) is 4.90 Å². The predicted molar refractivity (Wildman–Crippen MR) is 279 cm³/mol. The van der Waals surface area contributed by atoms with Crippen molar-refractivity contribution in [3.63, 3.8) is 0 Å². The van der Waals surface area contributed by atoms with Crippen molar-refractivity contribution in [3.8, 4) is 16.2 Å². The number of Topliss-reactive ketones (excluding diaryl/α,β-unsaturated/α-hetero) is 1. The first-order valence-electron chi connectivity index (χ1n) is 25.1. The van der Waals surface area contributed by atoms with Crippen LogP contribution in [-0.4, -0.2) is 124 Å². The average molecular weight is 1020 g/mol. The topological polar surface area (TPSA) is 171 Å². The number of thiazole rings is 1. The number of carbonyl (C=O) groups excluding carboxylic acids is 4. The van der Waals surface area contributed by atoms with Crippen LogP contribution in [0.3, 0.4) is 0 Å². The van der Waals surface area contributed by atoms with Crippen molar-refractivity contribution >= 4 is 57.9 Å². The number of ether oxygens (including phenoxy) is 2. The molecule has 15 nitrogen and oxygen atoms in total. The highest BCUT2D eigenvalue weighted by molar-refractivity contribution is 7.13. The Morgan fingerprint density at radius 1 is 0.958 bits per heavy atom. The number of hydrogen-bond acceptors (Lipinski definition) is 12. The van der Waals surface area contributed by atoms with Crippen LogP contribution in [0.25, 0.3) is 15.3 Å². The first-order valence-corrected chi connectivity index (χ1v) is 26.3. The van der Waals surface area contributed by atoms with Crippen molar-refractivity contribution in [3.05, 3.63) is 99.6 Å². The molecule has 0 bridgehead atoms. The molecule has 2 aliphatic carbocycles. The average Bonchev–Trinajstić information content (AvgIpc) is 3.95. The molecule has 384 valence electrons. The van der Waals surface area contributed by atoms with E-state index in [1.54, 1.807) is 35.7 Å². The molecule has 3 N–H and O–H groups in total. The van der Waals surface area contributed by atoms with E-state index < -0.39 is 35.4 Å². The van der Waals surface area contributed by atoms with Crippen LogP contribution in [0.1, 0.15) is 109 Å². The Balaban J connectivity index is 0.759. The van der Waals surface area contributed by atoms with Crippen molar-refractivity contribution in [2.45, 2.75) is 130 Å². The number of likely N-dealkylation sites (tertiary alicyclic amines) is 1. The van der Waals surface area contributed by atoms with E-state index in [0.29, 0.717) is 34.5 Å². The number of hydrogen-bond donors (Lipinski definition) is 3. The lowest BCUT2D eigenvalue weighted by Crippen LogP contribution is -2.66. The van der Waals surface area contributed by atoms with Crippen LogP contribution in [0.2, 0.25) is 5.02 Å². The van der Waals surface area contributed by atoms with Gasteiger partial charge < -0.3 is 35.0 Å². The summed E-state index contributed by atoms with van der Waals surface area (Å²) in [7, 11) is 0. The van der Waals surface area contributed by atoms with Crippen LogP contribution in [0.5, 0.6) is 5.75 Å². The van der Waals surface area contributed by atoms with E-state index in [1.807, 2.05) is 76.5 Å². The van der Waals surface area contributed by atoms with Gasteiger partial charge in [0.25, 0.3) is 0 Å². The number of nitrogens with zero attached hydrogens (tertiary/aromatic N) is 6. The second-order valence-electron chi connectivity index (χ2n) is 22.4. The van der Waals surface area contributed by atoms with Gasteiger partial charge in [-0.2, -0.15) is 0 Å². The molecule has 4 fully saturated rings. The number of pyridine rings is 1. The largest absolute Gasteiger partial charge is 0.489 e. The molecule has 0 radical (unpaired) electrons. The van der Waals surface area contributed by atoms with E-state index in [-0.39, 0.29) is 66.3 Å². The van der Waals surface area contributed by atoms with Gasteiger partial charge in [-0.05, 0) is 73.4 Å². The fourth-order valence-electron chi connectivity index (χ4n) is 11.5. The van der Waals surface area contributed by atoms with Gasteiger partial charge in [0.15, 0.2) is 5.78 Å². The third-order valence-electron chi connectivity index (χ3n) is 15.6. The molecule has 4 atom stereocenters. The summed E-state index contributed by atoms with van der Waals surface area (Å²) in [5.74, 6) is 0.405. The monoisotopic (exact) mass is 1020 g/mol. The number of ketones is 1. The van der Waals surface area contributed by atoms with Crippen LogP contribution in [0.4, 0.5) is 11.5 Å². The Labute approximate surface area is 432 Å². The summed E-state index contributed by atoms with van der Waals surface area (Å²) in [6.07, 6.45) is 2.68. The lowest BCUT2D eigenvalue weighted by Gasteiger charge is -2.63. The molecule has 2 saturated heterocycles. The van der Waals surface area contributed by atoms with Crippen molar-refractivity contribution in [1.82, 2.24) is 30.4 Å². The number of aromatic nitrogens is 2. The number of aliphatic hydroxyl groups is 1. The maximum atomic E-state index is 14.2. The van der Waals surface area contributed by atoms with Gasteiger partial charge >= 0.3 is 0 Å². The number of aryl methyl sites for hydroxylation is 1. The normalized spacial score (nSPS) is 24.5. The van der Waals surface area contributed by atoms with Gasteiger partial charge in [-0.3, -0.25) is 24.1 Å². The molecule has 3 amide bonds. The van der Waals surface area contributed by atoms with Gasteiger partial charge in [0.05, 0.1) is 45.9 Å². The quantitative estimate of drug-likeness (QED) is 0.0727. The minimum Gasteiger partial charge on any atom is -0.489 e. The Morgan fingerprint density at radius 2 is 1.65 bits per heavy atom. The van der Waals surface area contributed by atoms with E-state index in [9.17, 15) is 24.3 Å².